The molecule has 1 fully saturated rings. The van der Waals surface area contributed by atoms with Crippen LogP contribution < -0.4 is 19.1 Å². The van der Waals surface area contributed by atoms with Crippen LogP contribution >= 0.6 is 0 Å². The van der Waals surface area contributed by atoms with Crippen LogP contribution in [0.5, 0.6) is 17.2 Å². The minimum Gasteiger partial charge on any atom is -0.497 e. The van der Waals surface area contributed by atoms with Crippen LogP contribution in [0.1, 0.15) is 16.8 Å². The fraction of sp³-hybridized carbons (Fsp3) is 0.318. The second-order valence-electron chi connectivity index (χ2n) is 6.70. The Morgan fingerprint density at radius 2 is 1.63 bits per heavy atom. The van der Waals surface area contributed by atoms with Crippen molar-refractivity contribution in [2.75, 3.05) is 39.4 Å². The highest BCUT2D eigenvalue weighted by Crippen LogP contribution is 2.36. The lowest BCUT2D eigenvalue weighted by molar-refractivity contribution is -0.147. The van der Waals surface area contributed by atoms with Gasteiger partial charge in [0.05, 0.1) is 32.9 Å². The maximum Gasteiger partial charge on any atom is 0.311 e. The first-order chi connectivity index (χ1) is 14.5. The number of esters is 1. The highest BCUT2D eigenvalue weighted by atomic mass is 16.5. The molecular weight excluding hydrogens is 390 g/mol. The summed E-state index contributed by atoms with van der Waals surface area (Å²) >= 11 is 0. The quantitative estimate of drug-likeness (QED) is 0.485. The molecule has 2 aromatic carbocycles. The Labute approximate surface area is 174 Å². The van der Waals surface area contributed by atoms with Gasteiger partial charge >= 0.3 is 5.97 Å². The summed E-state index contributed by atoms with van der Waals surface area (Å²) in [5.41, 5.74) is 0.962. The third kappa shape index (κ3) is 4.53. The van der Waals surface area contributed by atoms with E-state index in [1.807, 2.05) is 0 Å². The van der Waals surface area contributed by atoms with Gasteiger partial charge in [-0.1, -0.05) is 0 Å². The van der Waals surface area contributed by atoms with E-state index in [2.05, 4.69) is 0 Å². The highest BCUT2D eigenvalue weighted by Gasteiger charge is 2.37. The number of hydrogen-bond donors (Lipinski definition) is 0. The molecule has 0 N–H and O–H groups in total. The van der Waals surface area contributed by atoms with E-state index in [4.69, 9.17) is 18.9 Å². The van der Waals surface area contributed by atoms with Gasteiger partial charge in [-0.15, -0.1) is 0 Å². The van der Waals surface area contributed by atoms with Crippen LogP contribution in [0.15, 0.2) is 42.5 Å². The van der Waals surface area contributed by atoms with Crippen LogP contribution in [0.25, 0.3) is 0 Å². The molecule has 0 radical (unpaired) electrons. The molecule has 1 aliphatic rings. The minimum atomic E-state index is -0.659. The number of methoxy groups -OCH3 is 3. The summed E-state index contributed by atoms with van der Waals surface area (Å²) in [5, 5.41) is 0. The number of carbonyl (C=O) groups is 3. The number of benzene rings is 2. The van der Waals surface area contributed by atoms with E-state index in [1.54, 1.807) is 42.5 Å². The number of rotatable bonds is 8. The monoisotopic (exact) mass is 413 g/mol. The zero-order valence-electron chi connectivity index (χ0n) is 17.0. The van der Waals surface area contributed by atoms with E-state index < -0.39 is 11.9 Å². The molecule has 2 aromatic rings. The van der Waals surface area contributed by atoms with Gasteiger partial charge in [-0.25, -0.2) is 0 Å². The molecule has 3 rings (SSSR count). The molecule has 0 spiro atoms. The van der Waals surface area contributed by atoms with Crippen molar-refractivity contribution in [1.82, 2.24) is 0 Å². The number of amides is 1. The number of anilines is 1. The molecule has 158 valence electrons. The van der Waals surface area contributed by atoms with E-state index >= 15 is 0 Å². The predicted octanol–water partition coefficient (Wildman–Crippen LogP) is 2.49. The number of carbonyl (C=O) groups excluding carboxylic acids is 3. The van der Waals surface area contributed by atoms with E-state index in [0.29, 0.717) is 28.5 Å². The van der Waals surface area contributed by atoms with Crippen molar-refractivity contribution in [1.29, 1.82) is 0 Å². The highest BCUT2D eigenvalue weighted by molar-refractivity contribution is 6.01. The summed E-state index contributed by atoms with van der Waals surface area (Å²) in [4.78, 5) is 38.6. The summed E-state index contributed by atoms with van der Waals surface area (Å²) in [6, 6.07) is 11.6. The molecule has 1 saturated heterocycles. The van der Waals surface area contributed by atoms with Crippen LogP contribution in [0, 0.1) is 5.92 Å². The lowest BCUT2D eigenvalue weighted by Crippen LogP contribution is -2.27. The van der Waals surface area contributed by atoms with Gasteiger partial charge in [0.1, 0.15) is 17.2 Å². The van der Waals surface area contributed by atoms with Gasteiger partial charge in [0.15, 0.2) is 12.4 Å². The molecule has 0 bridgehead atoms. The van der Waals surface area contributed by atoms with E-state index in [9.17, 15) is 14.4 Å². The Morgan fingerprint density at radius 1 is 0.967 bits per heavy atom. The third-order valence-corrected chi connectivity index (χ3v) is 4.89. The largest absolute Gasteiger partial charge is 0.497 e. The first-order valence-corrected chi connectivity index (χ1v) is 9.33. The Hall–Kier alpha value is -3.55. The number of ketones is 1. The zero-order valence-corrected chi connectivity index (χ0v) is 17.0. The molecule has 8 nitrogen and oxygen atoms in total. The Morgan fingerprint density at radius 3 is 2.27 bits per heavy atom. The van der Waals surface area contributed by atoms with Gasteiger partial charge in [0.25, 0.3) is 0 Å². The molecule has 1 atom stereocenters. The standard InChI is InChI=1S/C22H23NO7/c1-27-16-6-4-14(5-7-16)19(24)13-30-22(26)15-10-21(25)23(12-15)18-9-8-17(28-2)11-20(18)29-3/h4-9,11,15H,10,12-13H2,1-3H3/t15-/m1/s1. The second-order valence-corrected chi connectivity index (χ2v) is 6.70. The molecule has 0 saturated carbocycles. The van der Waals surface area contributed by atoms with Gasteiger partial charge in [-0.2, -0.15) is 0 Å². The smallest absolute Gasteiger partial charge is 0.311 e. The van der Waals surface area contributed by atoms with Crippen molar-refractivity contribution in [3.63, 3.8) is 0 Å². The fourth-order valence-electron chi connectivity index (χ4n) is 3.22. The number of hydrogen-bond acceptors (Lipinski definition) is 7. The number of ether oxygens (including phenoxy) is 4. The minimum absolute atomic E-state index is 0.00471. The lowest BCUT2D eigenvalue weighted by atomic mass is 10.1. The summed E-state index contributed by atoms with van der Waals surface area (Å²) in [7, 11) is 4.57. The molecular formula is C22H23NO7. The first-order valence-electron chi connectivity index (χ1n) is 9.33. The van der Waals surface area contributed by atoms with Crippen molar-refractivity contribution in [3.05, 3.63) is 48.0 Å². The van der Waals surface area contributed by atoms with Gasteiger partial charge in [0.2, 0.25) is 5.91 Å². The van der Waals surface area contributed by atoms with E-state index in [-0.39, 0.29) is 31.3 Å². The molecule has 1 amide bonds. The van der Waals surface area contributed by atoms with Crippen LogP contribution in [0.3, 0.4) is 0 Å². The normalized spacial score (nSPS) is 15.6. The molecule has 8 heteroatoms. The molecule has 0 aromatic heterocycles. The van der Waals surface area contributed by atoms with Crippen molar-refractivity contribution >= 4 is 23.3 Å². The second kappa shape index (κ2) is 9.30. The average molecular weight is 413 g/mol. The Balaban J connectivity index is 1.61. The van der Waals surface area contributed by atoms with Gasteiger partial charge in [-0.05, 0) is 36.4 Å². The SMILES string of the molecule is COc1ccc(C(=O)COC(=O)[C@@H]2CC(=O)N(c3ccc(OC)cc3OC)C2)cc1. The van der Waals surface area contributed by atoms with Crippen LogP contribution in [-0.2, 0) is 14.3 Å². The maximum atomic E-state index is 12.5. The topological polar surface area (TPSA) is 91.4 Å². The van der Waals surface area contributed by atoms with Crippen molar-refractivity contribution < 1.29 is 33.3 Å². The Bertz CT molecular complexity index is 939. The number of Topliss-reactive ketones (excluding diaryl/α,β-unsaturated/α-hetero) is 1. The van der Waals surface area contributed by atoms with Gasteiger partial charge < -0.3 is 23.8 Å². The lowest BCUT2D eigenvalue weighted by Gasteiger charge is -2.20. The summed E-state index contributed by atoms with van der Waals surface area (Å²) in [6.45, 7) is -0.237. The Kier molecular flexibility index (Phi) is 6.56. The molecule has 1 heterocycles. The molecule has 1 aliphatic heterocycles. The molecule has 30 heavy (non-hydrogen) atoms. The number of nitrogens with zero attached hydrogens (tertiary/aromatic N) is 1. The van der Waals surface area contributed by atoms with Crippen molar-refractivity contribution in [2.24, 2.45) is 5.92 Å². The maximum absolute atomic E-state index is 12.5. The van der Waals surface area contributed by atoms with Crippen LogP contribution in [0.4, 0.5) is 5.69 Å². The predicted molar refractivity (Wildman–Crippen MR) is 108 cm³/mol. The van der Waals surface area contributed by atoms with Gasteiger partial charge in [-0.3, -0.25) is 14.4 Å². The van der Waals surface area contributed by atoms with Crippen molar-refractivity contribution in [3.8, 4) is 17.2 Å². The zero-order chi connectivity index (χ0) is 21.7. The average Bonchev–Trinajstić information content (AvgIpc) is 3.18. The summed E-state index contributed by atoms with van der Waals surface area (Å²) in [6.07, 6.45) is 0.00471. The summed E-state index contributed by atoms with van der Waals surface area (Å²) < 4.78 is 20.7. The third-order valence-electron chi connectivity index (χ3n) is 4.89. The van der Waals surface area contributed by atoms with Crippen molar-refractivity contribution in [2.45, 2.75) is 6.42 Å². The molecule has 0 unspecified atom stereocenters. The van der Waals surface area contributed by atoms with Crippen LogP contribution in [0.2, 0.25) is 0 Å². The van der Waals surface area contributed by atoms with Gasteiger partial charge in [0, 0.05) is 24.6 Å². The van der Waals surface area contributed by atoms with E-state index in [0.717, 1.165) is 0 Å². The first kappa shape index (κ1) is 21.2. The molecule has 0 aliphatic carbocycles. The van der Waals surface area contributed by atoms with E-state index in [1.165, 1.54) is 26.2 Å². The summed E-state index contributed by atoms with van der Waals surface area (Å²) in [5.74, 6) is -0.109. The fourth-order valence-corrected chi connectivity index (χ4v) is 3.22. The van der Waals surface area contributed by atoms with Crippen LogP contribution in [-0.4, -0.2) is 52.1 Å².